The second-order valence-corrected chi connectivity index (χ2v) is 4.08. The Labute approximate surface area is 98.7 Å². The Hall–Kier alpha value is -1.66. The zero-order valence-electron chi connectivity index (χ0n) is 10.00. The third-order valence-electron chi connectivity index (χ3n) is 2.76. The molecule has 2 heterocycles. The lowest BCUT2D eigenvalue weighted by Crippen LogP contribution is -2.30. The molecule has 0 bridgehead atoms. The third kappa shape index (κ3) is 2.22. The first kappa shape index (κ1) is 11.8. The number of fused-ring (bicyclic) bond motifs is 1. The van der Waals surface area contributed by atoms with Crippen LogP contribution in [0.2, 0.25) is 0 Å². The van der Waals surface area contributed by atoms with Crippen molar-refractivity contribution < 1.29 is 5.11 Å². The molecule has 92 valence electrons. The van der Waals surface area contributed by atoms with E-state index in [9.17, 15) is 4.79 Å². The van der Waals surface area contributed by atoms with Crippen molar-refractivity contribution in [3.05, 3.63) is 34.5 Å². The molecule has 0 saturated carbocycles. The Morgan fingerprint density at radius 3 is 3.00 bits per heavy atom. The summed E-state index contributed by atoms with van der Waals surface area (Å²) in [4.78, 5) is 13.9. The zero-order valence-corrected chi connectivity index (χ0v) is 10.00. The van der Waals surface area contributed by atoms with Gasteiger partial charge in [-0.15, -0.1) is 0 Å². The lowest BCUT2D eigenvalue weighted by atomic mass is 10.4. The van der Waals surface area contributed by atoms with Gasteiger partial charge < -0.3 is 5.11 Å². The Morgan fingerprint density at radius 1 is 1.53 bits per heavy atom. The molecule has 2 rings (SSSR count). The minimum Gasteiger partial charge on any atom is -0.395 e. The van der Waals surface area contributed by atoms with E-state index >= 15 is 0 Å². The SMILES string of the molecule is CN(CCO)Cc1nn2cccc2c(=O)n1C. The van der Waals surface area contributed by atoms with Gasteiger partial charge in [-0.1, -0.05) is 0 Å². The van der Waals surface area contributed by atoms with E-state index in [1.165, 1.54) is 0 Å². The number of likely N-dealkylation sites (N-methyl/N-ethyl adjacent to an activating group) is 1. The van der Waals surface area contributed by atoms with Gasteiger partial charge in [-0.3, -0.25) is 14.3 Å². The van der Waals surface area contributed by atoms with E-state index in [-0.39, 0.29) is 12.2 Å². The fraction of sp³-hybridized carbons (Fsp3) is 0.455. The summed E-state index contributed by atoms with van der Waals surface area (Å²) in [6, 6.07) is 3.54. The average Bonchev–Trinajstić information content (AvgIpc) is 2.74. The highest BCUT2D eigenvalue weighted by Gasteiger charge is 2.09. The predicted octanol–water partition coefficient (Wildman–Crippen LogP) is -0.543. The van der Waals surface area contributed by atoms with E-state index in [1.54, 1.807) is 34.5 Å². The van der Waals surface area contributed by atoms with Gasteiger partial charge in [-0.2, -0.15) is 5.10 Å². The Bertz CT molecular complexity index is 572. The van der Waals surface area contributed by atoms with Crippen LogP contribution in [0.3, 0.4) is 0 Å². The van der Waals surface area contributed by atoms with Gasteiger partial charge in [0.25, 0.3) is 5.56 Å². The van der Waals surface area contributed by atoms with E-state index in [2.05, 4.69) is 5.10 Å². The highest BCUT2D eigenvalue weighted by molar-refractivity contribution is 5.43. The number of nitrogens with zero attached hydrogens (tertiary/aromatic N) is 4. The maximum Gasteiger partial charge on any atom is 0.277 e. The van der Waals surface area contributed by atoms with Crippen molar-refractivity contribution in [1.82, 2.24) is 19.1 Å². The summed E-state index contributed by atoms with van der Waals surface area (Å²) in [5, 5.41) is 13.2. The number of aliphatic hydroxyl groups is 1. The first-order valence-corrected chi connectivity index (χ1v) is 5.46. The number of aromatic nitrogens is 3. The third-order valence-corrected chi connectivity index (χ3v) is 2.76. The molecule has 1 N–H and O–H groups in total. The second kappa shape index (κ2) is 4.68. The molecule has 6 nitrogen and oxygen atoms in total. The highest BCUT2D eigenvalue weighted by atomic mass is 16.3. The predicted molar refractivity (Wildman–Crippen MR) is 63.9 cm³/mol. The van der Waals surface area contributed by atoms with E-state index in [4.69, 9.17) is 5.11 Å². The molecule has 0 aliphatic rings. The van der Waals surface area contributed by atoms with Gasteiger partial charge in [0, 0.05) is 19.8 Å². The van der Waals surface area contributed by atoms with Crippen LogP contribution in [0.25, 0.3) is 5.52 Å². The van der Waals surface area contributed by atoms with Crippen LogP contribution in [-0.2, 0) is 13.6 Å². The van der Waals surface area contributed by atoms with Gasteiger partial charge in [0.05, 0.1) is 13.2 Å². The van der Waals surface area contributed by atoms with Crippen molar-refractivity contribution in [2.24, 2.45) is 7.05 Å². The van der Waals surface area contributed by atoms with Crippen molar-refractivity contribution in [2.45, 2.75) is 6.54 Å². The standard InChI is InChI=1S/C11H16N4O2/c1-13(6-7-16)8-10-12-15-5-3-4-9(15)11(17)14(10)2/h3-5,16H,6-8H2,1-2H3. The first-order chi connectivity index (χ1) is 8.13. The number of hydrogen-bond donors (Lipinski definition) is 1. The maximum atomic E-state index is 12.0. The summed E-state index contributed by atoms with van der Waals surface area (Å²) in [7, 11) is 3.59. The van der Waals surface area contributed by atoms with Crippen LogP contribution in [0.5, 0.6) is 0 Å². The molecule has 2 aromatic heterocycles. The summed E-state index contributed by atoms with van der Waals surface area (Å²) >= 11 is 0. The molecule has 17 heavy (non-hydrogen) atoms. The smallest absolute Gasteiger partial charge is 0.277 e. The fourth-order valence-corrected chi connectivity index (χ4v) is 1.74. The number of hydrogen-bond acceptors (Lipinski definition) is 4. The number of aliphatic hydroxyl groups excluding tert-OH is 1. The van der Waals surface area contributed by atoms with Crippen molar-refractivity contribution >= 4 is 5.52 Å². The lowest BCUT2D eigenvalue weighted by Gasteiger charge is -2.16. The van der Waals surface area contributed by atoms with Gasteiger partial charge in [0.15, 0.2) is 0 Å². The molecular formula is C11H16N4O2. The summed E-state index contributed by atoms with van der Waals surface area (Å²) in [5.41, 5.74) is 0.512. The summed E-state index contributed by atoms with van der Waals surface area (Å²) < 4.78 is 3.13. The molecule has 0 aliphatic heterocycles. The van der Waals surface area contributed by atoms with Crippen molar-refractivity contribution in [3.8, 4) is 0 Å². The van der Waals surface area contributed by atoms with Crippen LogP contribution >= 0.6 is 0 Å². The molecule has 0 saturated heterocycles. The molecule has 0 amide bonds. The maximum absolute atomic E-state index is 12.0. The normalized spacial score (nSPS) is 11.5. The lowest BCUT2D eigenvalue weighted by molar-refractivity contribution is 0.212. The topological polar surface area (TPSA) is 62.8 Å². The van der Waals surface area contributed by atoms with Gasteiger partial charge in [0.2, 0.25) is 0 Å². The largest absolute Gasteiger partial charge is 0.395 e. The van der Waals surface area contributed by atoms with E-state index < -0.39 is 0 Å². The average molecular weight is 236 g/mol. The Morgan fingerprint density at radius 2 is 2.29 bits per heavy atom. The summed E-state index contributed by atoms with van der Waals surface area (Å²) in [6.45, 7) is 1.18. The van der Waals surface area contributed by atoms with Crippen LogP contribution < -0.4 is 5.56 Å². The zero-order chi connectivity index (χ0) is 12.4. The van der Waals surface area contributed by atoms with E-state index in [0.29, 0.717) is 24.4 Å². The quantitative estimate of drug-likeness (QED) is 0.774. The Kier molecular flexibility index (Phi) is 3.26. The molecule has 2 aromatic rings. The summed E-state index contributed by atoms with van der Waals surface area (Å²) in [6.07, 6.45) is 1.76. The minimum absolute atomic E-state index is 0.0580. The molecule has 0 aliphatic carbocycles. The second-order valence-electron chi connectivity index (χ2n) is 4.08. The first-order valence-electron chi connectivity index (χ1n) is 5.46. The van der Waals surface area contributed by atoms with Gasteiger partial charge in [0.1, 0.15) is 11.3 Å². The molecule has 0 unspecified atom stereocenters. The molecule has 0 atom stereocenters. The van der Waals surface area contributed by atoms with Crippen LogP contribution in [0.1, 0.15) is 5.82 Å². The minimum atomic E-state index is -0.0580. The van der Waals surface area contributed by atoms with Gasteiger partial charge in [-0.25, -0.2) is 4.52 Å². The molecule has 6 heteroatoms. The highest BCUT2D eigenvalue weighted by Crippen LogP contribution is 2.00. The van der Waals surface area contributed by atoms with Gasteiger partial charge in [-0.05, 0) is 19.2 Å². The van der Waals surface area contributed by atoms with E-state index in [0.717, 1.165) is 0 Å². The monoisotopic (exact) mass is 236 g/mol. The van der Waals surface area contributed by atoms with Crippen LogP contribution in [0, 0.1) is 0 Å². The summed E-state index contributed by atoms with van der Waals surface area (Å²) in [5.74, 6) is 0.676. The Balaban J connectivity index is 2.40. The molecule has 0 spiro atoms. The van der Waals surface area contributed by atoms with Crippen molar-refractivity contribution in [3.63, 3.8) is 0 Å². The van der Waals surface area contributed by atoms with Crippen molar-refractivity contribution in [2.75, 3.05) is 20.2 Å². The van der Waals surface area contributed by atoms with Crippen LogP contribution in [0.15, 0.2) is 23.1 Å². The fourth-order valence-electron chi connectivity index (χ4n) is 1.74. The molecule has 0 fully saturated rings. The number of rotatable bonds is 4. The molecule has 0 radical (unpaired) electrons. The molecular weight excluding hydrogens is 220 g/mol. The van der Waals surface area contributed by atoms with Crippen molar-refractivity contribution in [1.29, 1.82) is 0 Å². The van der Waals surface area contributed by atoms with Crippen LogP contribution in [-0.4, -0.2) is 44.4 Å². The molecule has 0 aromatic carbocycles. The van der Waals surface area contributed by atoms with Gasteiger partial charge >= 0.3 is 0 Å². The van der Waals surface area contributed by atoms with Crippen LogP contribution in [0.4, 0.5) is 0 Å². The van der Waals surface area contributed by atoms with E-state index in [1.807, 2.05) is 11.9 Å².